The van der Waals surface area contributed by atoms with Gasteiger partial charge >= 0.3 is 6.03 Å². The molecule has 0 aliphatic carbocycles. The molecule has 3 amide bonds. The summed E-state index contributed by atoms with van der Waals surface area (Å²) >= 11 is 1.12. The third-order valence-electron chi connectivity index (χ3n) is 4.90. The van der Waals surface area contributed by atoms with E-state index in [-0.39, 0.29) is 28.7 Å². The minimum absolute atomic E-state index is 0.0302. The van der Waals surface area contributed by atoms with Gasteiger partial charge in [-0.3, -0.25) is 14.4 Å². The Hall–Kier alpha value is -2.59. The number of anilines is 1. The Balaban J connectivity index is 1.59. The fourth-order valence-electron chi connectivity index (χ4n) is 3.58. The molecule has 28 heavy (non-hydrogen) atoms. The summed E-state index contributed by atoms with van der Waals surface area (Å²) < 4.78 is 33.0. The lowest BCUT2D eigenvalue weighted by Crippen LogP contribution is -2.32. The summed E-state index contributed by atoms with van der Waals surface area (Å²) in [4.78, 5) is 27.9. The van der Waals surface area contributed by atoms with Gasteiger partial charge in [-0.1, -0.05) is 6.07 Å². The molecule has 2 aliphatic heterocycles. The van der Waals surface area contributed by atoms with Crippen LogP contribution in [0.2, 0.25) is 0 Å². The molecule has 2 saturated heterocycles. The number of nitrogens with one attached hydrogen (secondary N) is 1. The quantitative estimate of drug-likeness (QED) is 0.723. The predicted octanol–water partition coefficient (Wildman–Crippen LogP) is 2.48. The fraction of sp³-hybridized carbons (Fsp3) is 0.333. The van der Waals surface area contributed by atoms with Crippen molar-refractivity contribution in [3.63, 3.8) is 0 Å². The van der Waals surface area contributed by atoms with Crippen molar-refractivity contribution < 1.29 is 22.7 Å². The number of rotatable bonds is 6. The SMILES string of the molecule is COc1ccc(NS(=O)(=O)c2cccs2)cc1CN1C(=O)C2CCCN2C1=O. The molecule has 0 bridgehead atoms. The molecule has 10 heteroatoms. The number of thiophene rings is 1. The van der Waals surface area contributed by atoms with Crippen molar-refractivity contribution in [3.05, 3.63) is 41.3 Å². The Morgan fingerprint density at radius 2 is 2.11 bits per heavy atom. The first-order valence-electron chi connectivity index (χ1n) is 8.76. The van der Waals surface area contributed by atoms with Crippen LogP contribution < -0.4 is 9.46 Å². The van der Waals surface area contributed by atoms with Gasteiger partial charge in [0.05, 0.1) is 13.7 Å². The maximum absolute atomic E-state index is 12.6. The molecule has 1 N–H and O–H groups in total. The van der Waals surface area contributed by atoms with Gasteiger partial charge in [0.1, 0.15) is 16.0 Å². The van der Waals surface area contributed by atoms with Gasteiger partial charge < -0.3 is 9.64 Å². The average Bonchev–Trinajstić information content (AvgIpc) is 3.40. The molecule has 148 valence electrons. The lowest BCUT2D eigenvalue weighted by atomic mass is 10.1. The first-order valence-corrected chi connectivity index (χ1v) is 11.1. The van der Waals surface area contributed by atoms with Crippen LogP contribution in [0.4, 0.5) is 10.5 Å². The number of hydrogen-bond donors (Lipinski definition) is 1. The number of imide groups is 1. The number of methoxy groups -OCH3 is 1. The van der Waals surface area contributed by atoms with E-state index in [9.17, 15) is 18.0 Å². The molecule has 2 aromatic rings. The van der Waals surface area contributed by atoms with Gasteiger partial charge in [-0.25, -0.2) is 13.2 Å². The van der Waals surface area contributed by atoms with E-state index in [1.807, 2.05) is 0 Å². The highest BCUT2D eigenvalue weighted by Gasteiger charge is 2.47. The van der Waals surface area contributed by atoms with Crippen molar-refractivity contribution in [1.82, 2.24) is 9.80 Å². The van der Waals surface area contributed by atoms with Gasteiger partial charge in [0.15, 0.2) is 0 Å². The van der Waals surface area contributed by atoms with Crippen LogP contribution in [0.5, 0.6) is 5.75 Å². The number of nitrogens with zero attached hydrogens (tertiary/aromatic N) is 2. The van der Waals surface area contributed by atoms with Crippen LogP contribution in [0, 0.1) is 0 Å². The van der Waals surface area contributed by atoms with Gasteiger partial charge in [0, 0.05) is 17.8 Å². The van der Waals surface area contributed by atoms with Crippen molar-refractivity contribution in [1.29, 1.82) is 0 Å². The van der Waals surface area contributed by atoms with Crippen LogP contribution >= 0.6 is 11.3 Å². The molecule has 2 fully saturated rings. The molecule has 0 saturated carbocycles. The van der Waals surface area contributed by atoms with Crippen LogP contribution in [0.15, 0.2) is 39.9 Å². The molecular weight excluding hydrogens is 402 g/mol. The first-order chi connectivity index (χ1) is 13.4. The van der Waals surface area contributed by atoms with Gasteiger partial charge in [-0.15, -0.1) is 11.3 Å². The van der Waals surface area contributed by atoms with E-state index in [4.69, 9.17) is 4.74 Å². The molecule has 0 radical (unpaired) electrons. The molecule has 3 heterocycles. The van der Waals surface area contributed by atoms with Gasteiger partial charge in [-0.05, 0) is 42.5 Å². The topological polar surface area (TPSA) is 96.0 Å². The van der Waals surface area contributed by atoms with Crippen LogP contribution in [0.3, 0.4) is 0 Å². The number of ether oxygens (including phenoxy) is 1. The normalized spacial score (nSPS) is 19.2. The Morgan fingerprint density at radius 1 is 1.29 bits per heavy atom. The second kappa shape index (κ2) is 7.10. The van der Waals surface area contributed by atoms with Gasteiger partial charge in [0.2, 0.25) is 0 Å². The number of hydrogen-bond acceptors (Lipinski definition) is 6. The third kappa shape index (κ3) is 3.22. The highest BCUT2D eigenvalue weighted by Crippen LogP contribution is 2.32. The molecule has 0 spiro atoms. The van der Waals surface area contributed by atoms with Crippen molar-refractivity contribution in [2.75, 3.05) is 18.4 Å². The van der Waals surface area contributed by atoms with E-state index in [1.165, 1.54) is 18.1 Å². The number of urea groups is 1. The summed E-state index contributed by atoms with van der Waals surface area (Å²) in [6, 6.07) is 7.29. The Morgan fingerprint density at radius 3 is 2.79 bits per heavy atom. The molecular formula is C18H19N3O5S2. The summed E-state index contributed by atoms with van der Waals surface area (Å²) in [7, 11) is -2.21. The number of amides is 3. The largest absolute Gasteiger partial charge is 0.496 e. The molecule has 1 atom stereocenters. The fourth-order valence-corrected chi connectivity index (χ4v) is 5.63. The lowest BCUT2D eigenvalue weighted by Gasteiger charge is -2.18. The van der Waals surface area contributed by atoms with Gasteiger partial charge in [-0.2, -0.15) is 0 Å². The smallest absolute Gasteiger partial charge is 0.327 e. The van der Waals surface area contributed by atoms with Crippen LogP contribution in [-0.2, 0) is 21.4 Å². The van der Waals surface area contributed by atoms with Gasteiger partial charge in [0.25, 0.3) is 15.9 Å². The van der Waals surface area contributed by atoms with E-state index in [0.717, 1.165) is 17.8 Å². The third-order valence-corrected chi connectivity index (χ3v) is 7.68. The summed E-state index contributed by atoms with van der Waals surface area (Å²) in [5.41, 5.74) is 0.889. The molecule has 1 aromatic carbocycles. The maximum Gasteiger partial charge on any atom is 0.327 e. The van der Waals surface area contributed by atoms with Crippen molar-refractivity contribution in [2.24, 2.45) is 0 Å². The Labute approximate surface area is 166 Å². The minimum atomic E-state index is -3.70. The predicted molar refractivity (Wildman–Crippen MR) is 104 cm³/mol. The maximum atomic E-state index is 12.6. The zero-order valence-electron chi connectivity index (χ0n) is 15.1. The van der Waals surface area contributed by atoms with E-state index < -0.39 is 10.0 Å². The number of sulfonamides is 1. The number of carbonyl (C=O) groups is 2. The highest BCUT2D eigenvalue weighted by atomic mass is 32.2. The molecule has 1 aromatic heterocycles. The number of fused-ring (bicyclic) bond motifs is 1. The minimum Gasteiger partial charge on any atom is -0.496 e. The molecule has 8 nitrogen and oxygen atoms in total. The van der Waals surface area contributed by atoms with Crippen LogP contribution in [0.1, 0.15) is 18.4 Å². The zero-order valence-corrected chi connectivity index (χ0v) is 16.8. The highest BCUT2D eigenvalue weighted by molar-refractivity contribution is 7.94. The number of carbonyl (C=O) groups excluding carboxylic acids is 2. The van der Waals surface area contributed by atoms with E-state index >= 15 is 0 Å². The number of benzene rings is 1. The van der Waals surface area contributed by atoms with Crippen molar-refractivity contribution >= 4 is 39.0 Å². The van der Waals surface area contributed by atoms with E-state index in [0.29, 0.717) is 30.0 Å². The summed E-state index contributed by atoms with van der Waals surface area (Å²) in [6.07, 6.45) is 1.51. The standard InChI is InChI=1S/C18H19N3O5S2/c1-26-15-7-6-13(19-28(24,25)16-5-3-9-27-16)10-12(15)11-21-17(22)14-4-2-8-20(14)18(21)23/h3,5-7,9-10,14,19H,2,4,8,11H2,1H3. The summed E-state index contributed by atoms with van der Waals surface area (Å²) in [5.74, 6) is 0.265. The van der Waals surface area contributed by atoms with Crippen molar-refractivity contribution in [3.8, 4) is 5.75 Å². The molecule has 4 rings (SSSR count). The first kappa shape index (κ1) is 18.8. The molecule has 2 aliphatic rings. The summed E-state index contributed by atoms with van der Waals surface area (Å²) in [6.45, 7) is 0.617. The Kier molecular flexibility index (Phi) is 4.76. The molecule has 1 unspecified atom stereocenters. The van der Waals surface area contributed by atoms with Crippen LogP contribution in [-0.4, -0.2) is 49.9 Å². The van der Waals surface area contributed by atoms with E-state index in [1.54, 1.807) is 34.5 Å². The summed E-state index contributed by atoms with van der Waals surface area (Å²) in [5, 5.41) is 1.69. The second-order valence-electron chi connectivity index (χ2n) is 6.62. The zero-order chi connectivity index (χ0) is 19.9. The monoisotopic (exact) mass is 421 g/mol. The van der Waals surface area contributed by atoms with Crippen LogP contribution in [0.25, 0.3) is 0 Å². The average molecular weight is 422 g/mol. The van der Waals surface area contributed by atoms with Crippen molar-refractivity contribution in [2.45, 2.75) is 29.6 Å². The van der Waals surface area contributed by atoms with E-state index in [2.05, 4.69) is 4.72 Å². The lowest BCUT2D eigenvalue weighted by molar-refractivity contribution is -0.128. The second-order valence-corrected chi connectivity index (χ2v) is 9.48. The Bertz CT molecular complexity index is 998.